The van der Waals surface area contributed by atoms with Crippen LogP contribution in [0.15, 0.2) is 17.0 Å². The fraction of sp³-hybridized carbons (Fsp3) is 0.571. The molecular weight excluding hydrogens is 348 g/mol. The summed E-state index contributed by atoms with van der Waals surface area (Å²) in [5, 5.41) is 1.02. The highest BCUT2D eigenvalue weighted by atomic mass is 79.9. The largest absolute Gasteiger partial charge is 0.362 e. The Balaban J connectivity index is 2.17. The monoisotopic (exact) mass is 370 g/mol. The van der Waals surface area contributed by atoms with Crippen LogP contribution in [0, 0.1) is 0 Å². The molecule has 0 fully saturated rings. The van der Waals surface area contributed by atoms with Crippen molar-refractivity contribution in [2.24, 2.45) is 0 Å². The van der Waals surface area contributed by atoms with Crippen LogP contribution in [0.3, 0.4) is 0 Å². The smallest absolute Gasteiger partial charge is 0.148 e. The van der Waals surface area contributed by atoms with Crippen molar-refractivity contribution in [1.29, 1.82) is 0 Å². The van der Waals surface area contributed by atoms with E-state index in [-0.39, 0.29) is 0 Å². The Kier molecular flexibility index (Phi) is 5.06. The quantitative estimate of drug-likeness (QED) is 0.575. The molecule has 0 aliphatic carbocycles. The number of rotatable bonds is 6. The Morgan fingerprint density at radius 1 is 1.29 bits per heavy atom. The maximum Gasteiger partial charge on any atom is 0.148 e. The molecule has 0 spiro atoms. The molecule has 21 heavy (non-hydrogen) atoms. The third kappa shape index (κ3) is 4.05. The number of aromatic nitrogens is 3. The van der Waals surface area contributed by atoms with Gasteiger partial charge in [-0.25, -0.2) is 9.97 Å². The molecule has 5 nitrogen and oxygen atoms in total. The zero-order valence-corrected chi connectivity index (χ0v) is 15.9. The van der Waals surface area contributed by atoms with E-state index in [1.165, 1.54) is 6.04 Å². The van der Waals surface area contributed by atoms with Gasteiger partial charge in [0.15, 0.2) is 0 Å². The lowest BCUT2D eigenvalue weighted by Crippen LogP contribution is -2.22. The summed E-state index contributed by atoms with van der Waals surface area (Å²) in [5.74, 6) is 0.910. The zero-order valence-electron chi connectivity index (χ0n) is 13.4. The first-order valence-electron chi connectivity index (χ1n) is 7.04. The van der Waals surface area contributed by atoms with Crippen LogP contribution >= 0.6 is 15.9 Å². The van der Waals surface area contributed by atoms with Gasteiger partial charge in [0.1, 0.15) is 24.5 Å². The Morgan fingerprint density at radius 3 is 2.62 bits per heavy atom. The number of ether oxygens (including phenoxy) is 1. The summed E-state index contributed by atoms with van der Waals surface area (Å²) >= 11 is 3.60. The summed E-state index contributed by atoms with van der Waals surface area (Å²) in [6, 6.07) is 1.17. The summed E-state index contributed by atoms with van der Waals surface area (Å²) in [6.45, 7) is 8.40. The highest BCUT2D eigenvalue weighted by Crippen LogP contribution is 2.31. The molecule has 0 aliphatic rings. The van der Waals surface area contributed by atoms with Crippen LogP contribution < -0.4 is 4.90 Å². The number of halogens is 1. The van der Waals surface area contributed by atoms with E-state index in [2.05, 4.69) is 45.5 Å². The van der Waals surface area contributed by atoms with Gasteiger partial charge in [-0.05, 0) is 22.0 Å². The zero-order chi connectivity index (χ0) is 15.6. The van der Waals surface area contributed by atoms with E-state index in [0.717, 1.165) is 27.9 Å². The summed E-state index contributed by atoms with van der Waals surface area (Å²) in [4.78, 5) is 10.7. The maximum absolute atomic E-state index is 5.82. The highest BCUT2D eigenvalue weighted by molar-refractivity contribution is 9.10. The molecule has 116 valence electrons. The van der Waals surface area contributed by atoms with Gasteiger partial charge >= 0.3 is 0 Å². The van der Waals surface area contributed by atoms with Gasteiger partial charge in [0.2, 0.25) is 0 Å². The Morgan fingerprint density at radius 2 is 2.00 bits per heavy atom. The van der Waals surface area contributed by atoms with Crippen molar-refractivity contribution in [2.75, 3.05) is 25.6 Å². The molecule has 0 bridgehead atoms. The minimum Gasteiger partial charge on any atom is -0.362 e. The van der Waals surface area contributed by atoms with E-state index in [1.807, 2.05) is 29.8 Å². The SMILES string of the molecule is CN(C)c1ncnc2c1c(Br)cn2COCC[Si](C)(C)C. The predicted octanol–water partition coefficient (Wildman–Crippen LogP) is 3.57. The molecule has 2 rings (SSSR count). The molecular formula is C14H23BrN4OSi. The molecule has 0 aliphatic heterocycles. The Labute approximate surface area is 135 Å². The Hall–Kier alpha value is -0.923. The topological polar surface area (TPSA) is 43.2 Å². The second-order valence-corrected chi connectivity index (χ2v) is 13.1. The second-order valence-electron chi connectivity index (χ2n) is 6.59. The van der Waals surface area contributed by atoms with Crippen LogP contribution in [0.4, 0.5) is 5.82 Å². The minimum atomic E-state index is -1.04. The number of nitrogens with zero attached hydrogens (tertiary/aromatic N) is 4. The van der Waals surface area contributed by atoms with Crippen molar-refractivity contribution in [2.45, 2.75) is 32.4 Å². The minimum absolute atomic E-state index is 0.524. The van der Waals surface area contributed by atoms with Crippen LogP contribution in [0.25, 0.3) is 11.0 Å². The molecule has 0 amide bonds. The van der Waals surface area contributed by atoms with E-state index in [4.69, 9.17) is 4.74 Å². The summed E-state index contributed by atoms with van der Waals surface area (Å²) in [5.41, 5.74) is 0.897. The summed E-state index contributed by atoms with van der Waals surface area (Å²) in [6.07, 6.45) is 3.61. The van der Waals surface area contributed by atoms with Crippen LogP contribution in [0.5, 0.6) is 0 Å². The summed E-state index contributed by atoms with van der Waals surface area (Å²) in [7, 11) is 2.92. The number of fused-ring (bicyclic) bond motifs is 1. The molecule has 2 aromatic heterocycles. The van der Waals surface area contributed by atoms with Gasteiger partial charge in [-0.2, -0.15) is 0 Å². The van der Waals surface area contributed by atoms with Crippen LogP contribution in [-0.4, -0.2) is 43.3 Å². The first-order valence-corrected chi connectivity index (χ1v) is 11.5. The first kappa shape index (κ1) is 16.4. The van der Waals surface area contributed by atoms with Crippen LogP contribution in [0.1, 0.15) is 0 Å². The fourth-order valence-corrected chi connectivity index (χ4v) is 3.40. The number of anilines is 1. The van der Waals surface area contributed by atoms with E-state index in [0.29, 0.717) is 6.73 Å². The third-order valence-corrected chi connectivity index (χ3v) is 5.54. The van der Waals surface area contributed by atoms with Crippen molar-refractivity contribution >= 4 is 40.9 Å². The Bertz CT molecular complexity index is 621. The molecule has 0 radical (unpaired) electrons. The standard InChI is InChI=1S/C14H23BrN4OSi/c1-18(2)13-12-11(15)8-19(14(12)17-9-16-13)10-20-6-7-21(3,4)5/h8-9H,6-7,10H2,1-5H3. The predicted molar refractivity (Wildman–Crippen MR) is 93.7 cm³/mol. The highest BCUT2D eigenvalue weighted by Gasteiger charge is 2.15. The van der Waals surface area contributed by atoms with Gasteiger partial charge in [-0.1, -0.05) is 19.6 Å². The average molecular weight is 371 g/mol. The molecule has 0 unspecified atom stereocenters. The molecule has 0 saturated carbocycles. The van der Waals surface area contributed by atoms with Gasteiger partial charge in [-0.15, -0.1) is 0 Å². The fourth-order valence-electron chi connectivity index (χ4n) is 2.04. The molecule has 0 atom stereocenters. The van der Waals surface area contributed by atoms with Crippen molar-refractivity contribution in [1.82, 2.24) is 14.5 Å². The molecule has 2 heterocycles. The lowest BCUT2D eigenvalue weighted by Gasteiger charge is -2.16. The van der Waals surface area contributed by atoms with Crippen LogP contribution in [0.2, 0.25) is 25.7 Å². The van der Waals surface area contributed by atoms with E-state index in [1.54, 1.807) is 6.33 Å². The second kappa shape index (κ2) is 6.45. The number of hydrogen-bond donors (Lipinski definition) is 0. The molecule has 0 saturated heterocycles. The van der Waals surface area contributed by atoms with Crippen molar-refractivity contribution in [3.05, 3.63) is 17.0 Å². The van der Waals surface area contributed by atoms with Crippen molar-refractivity contribution in [3.8, 4) is 0 Å². The van der Waals surface area contributed by atoms with Gasteiger partial charge in [0.25, 0.3) is 0 Å². The average Bonchev–Trinajstić information content (AvgIpc) is 2.71. The van der Waals surface area contributed by atoms with Gasteiger partial charge in [0, 0.05) is 39.4 Å². The molecule has 7 heteroatoms. The van der Waals surface area contributed by atoms with E-state index >= 15 is 0 Å². The number of hydrogen-bond acceptors (Lipinski definition) is 4. The van der Waals surface area contributed by atoms with Gasteiger partial charge in [-0.3, -0.25) is 0 Å². The first-order chi connectivity index (χ1) is 9.79. The van der Waals surface area contributed by atoms with Gasteiger partial charge in [0.05, 0.1) is 5.39 Å². The maximum atomic E-state index is 5.82. The van der Waals surface area contributed by atoms with Gasteiger partial charge < -0.3 is 14.2 Å². The van der Waals surface area contributed by atoms with Crippen molar-refractivity contribution in [3.63, 3.8) is 0 Å². The van der Waals surface area contributed by atoms with Crippen molar-refractivity contribution < 1.29 is 4.74 Å². The van der Waals surface area contributed by atoms with E-state index < -0.39 is 8.07 Å². The molecule has 2 aromatic rings. The summed E-state index contributed by atoms with van der Waals surface area (Å²) < 4.78 is 8.84. The third-order valence-electron chi connectivity index (χ3n) is 3.24. The lowest BCUT2D eigenvalue weighted by molar-refractivity contribution is 0.0898. The molecule has 0 aromatic carbocycles. The van der Waals surface area contributed by atoms with E-state index in [9.17, 15) is 0 Å². The normalized spacial score (nSPS) is 12.1. The molecule has 0 N–H and O–H groups in total. The van der Waals surface area contributed by atoms with Crippen LogP contribution in [-0.2, 0) is 11.5 Å². The lowest BCUT2D eigenvalue weighted by atomic mass is 10.3.